The van der Waals surface area contributed by atoms with Gasteiger partial charge in [0, 0.05) is 12.6 Å². The number of aryl methyl sites for hydroxylation is 2. The summed E-state index contributed by atoms with van der Waals surface area (Å²) < 4.78 is 5.70. The first kappa shape index (κ1) is 14.9. The third-order valence-electron chi connectivity index (χ3n) is 3.93. The van der Waals surface area contributed by atoms with Gasteiger partial charge in [0.15, 0.2) is 6.61 Å². The topological polar surface area (TPSA) is 49.8 Å². The average Bonchev–Trinajstić information content (AvgIpc) is 2.35. The number of aliphatic hydroxyl groups is 1. The molecule has 4 heteroatoms. The van der Waals surface area contributed by atoms with Gasteiger partial charge in [0.05, 0.1) is 6.61 Å². The van der Waals surface area contributed by atoms with Crippen LogP contribution in [0.4, 0.5) is 0 Å². The molecule has 2 rings (SSSR count). The monoisotopic (exact) mass is 277 g/mol. The molecule has 1 aromatic rings. The Morgan fingerprint density at radius 3 is 2.50 bits per heavy atom. The van der Waals surface area contributed by atoms with Crippen LogP contribution in [-0.4, -0.2) is 41.7 Å². The number of ether oxygens (including phenoxy) is 1. The highest BCUT2D eigenvalue weighted by Gasteiger charge is 2.28. The quantitative estimate of drug-likeness (QED) is 0.866. The summed E-state index contributed by atoms with van der Waals surface area (Å²) >= 11 is 0. The van der Waals surface area contributed by atoms with E-state index in [1.165, 1.54) is 0 Å². The Morgan fingerprint density at radius 2 is 2.00 bits per heavy atom. The molecule has 0 unspecified atom stereocenters. The Labute approximate surface area is 120 Å². The molecule has 110 valence electrons. The molecular formula is C16H23NO3. The lowest BCUT2D eigenvalue weighted by molar-refractivity contribution is -0.138. The van der Waals surface area contributed by atoms with E-state index in [2.05, 4.69) is 0 Å². The van der Waals surface area contributed by atoms with Crippen LogP contribution in [0.25, 0.3) is 0 Å². The van der Waals surface area contributed by atoms with Crippen molar-refractivity contribution in [1.82, 2.24) is 4.90 Å². The molecular weight excluding hydrogens is 254 g/mol. The molecule has 0 bridgehead atoms. The smallest absolute Gasteiger partial charge is 0.260 e. The van der Waals surface area contributed by atoms with Gasteiger partial charge in [-0.2, -0.15) is 0 Å². The van der Waals surface area contributed by atoms with Crippen LogP contribution in [0, 0.1) is 13.8 Å². The zero-order valence-electron chi connectivity index (χ0n) is 12.3. The van der Waals surface area contributed by atoms with E-state index in [0.29, 0.717) is 6.54 Å². The number of carbonyl (C=O) groups excluding carboxylic acids is 1. The van der Waals surface area contributed by atoms with E-state index in [0.717, 1.165) is 36.1 Å². The number of aliphatic hydroxyl groups excluding tert-OH is 1. The molecule has 0 heterocycles. The van der Waals surface area contributed by atoms with E-state index in [4.69, 9.17) is 9.84 Å². The van der Waals surface area contributed by atoms with Crippen molar-refractivity contribution in [2.24, 2.45) is 0 Å². The molecule has 1 aliphatic rings. The normalized spacial score (nSPS) is 14.8. The standard InChI is InChI=1S/C16H23NO3/c1-12-5-3-6-13(2)16(12)20-11-15(19)17(9-10-18)14-7-4-8-14/h3,5-6,14,18H,4,7-11H2,1-2H3. The first-order chi connectivity index (χ1) is 9.63. The Kier molecular flexibility index (Phi) is 5.01. The van der Waals surface area contributed by atoms with Crippen molar-refractivity contribution in [2.45, 2.75) is 39.2 Å². The molecule has 0 aromatic heterocycles. The second kappa shape index (κ2) is 6.75. The highest BCUT2D eigenvalue weighted by molar-refractivity contribution is 5.78. The van der Waals surface area contributed by atoms with Gasteiger partial charge in [-0.1, -0.05) is 18.2 Å². The molecule has 0 aliphatic heterocycles. The summed E-state index contributed by atoms with van der Waals surface area (Å²) in [6, 6.07) is 6.22. The maximum absolute atomic E-state index is 12.3. The molecule has 0 radical (unpaired) electrons. The van der Waals surface area contributed by atoms with E-state index in [9.17, 15) is 4.79 Å². The molecule has 4 nitrogen and oxygen atoms in total. The van der Waals surface area contributed by atoms with E-state index in [1.54, 1.807) is 4.90 Å². The first-order valence-electron chi connectivity index (χ1n) is 7.23. The van der Waals surface area contributed by atoms with Crippen LogP contribution in [0.5, 0.6) is 5.75 Å². The largest absolute Gasteiger partial charge is 0.483 e. The highest BCUT2D eigenvalue weighted by Crippen LogP contribution is 2.26. The van der Waals surface area contributed by atoms with E-state index >= 15 is 0 Å². The van der Waals surface area contributed by atoms with Crippen molar-refractivity contribution in [2.75, 3.05) is 19.8 Å². The van der Waals surface area contributed by atoms with Gasteiger partial charge in [-0.25, -0.2) is 0 Å². The van der Waals surface area contributed by atoms with Crippen LogP contribution in [0.3, 0.4) is 0 Å². The van der Waals surface area contributed by atoms with Crippen LogP contribution in [0.1, 0.15) is 30.4 Å². The molecule has 20 heavy (non-hydrogen) atoms. The fraction of sp³-hybridized carbons (Fsp3) is 0.562. The summed E-state index contributed by atoms with van der Waals surface area (Å²) in [4.78, 5) is 14.0. The van der Waals surface area contributed by atoms with Gasteiger partial charge in [0.25, 0.3) is 5.91 Å². The van der Waals surface area contributed by atoms with Crippen LogP contribution in [-0.2, 0) is 4.79 Å². The minimum absolute atomic E-state index is 0.00559. The maximum atomic E-state index is 12.3. The molecule has 0 spiro atoms. The Bertz CT molecular complexity index is 449. The minimum Gasteiger partial charge on any atom is -0.483 e. The fourth-order valence-corrected chi connectivity index (χ4v) is 2.56. The van der Waals surface area contributed by atoms with E-state index in [-0.39, 0.29) is 25.2 Å². The lowest BCUT2D eigenvalue weighted by Gasteiger charge is -2.37. The molecule has 1 amide bonds. The van der Waals surface area contributed by atoms with Gasteiger partial charge >= 0.3 is 0 Å². The van der Waals surface area contributed by atoms with Gasteiger partial charge in [-0.15, -0.1) is 0 Å². The fourth-order valence-electron chi connectivity index (χ4n) is 2.56. The number of hydrogen-bond donors (Lipinski definition) is 1. The number of amides is 1. The minimum atomic E-state index is -0.0357. The zero-order valence-corrected chi connectivity index (χ0v) is 12.3. The SMILES string of the molecule is Cc1cccc(C)c1OCC(=O)N(CCO)C1CCC1. The van der Waals surface area contributed by atoms with Gasteiger partial charge < -0.3 is 14.7 Å². The number of para-hydroxylation sites is 1. The van der Waals surface area contributed by atoms with Gasteiger partial charge in [0.1, 0.15) is 5.75 Å². The van der Waals surface area contributed by atoms with Crippen LogP contribution in [0.2, 0.25) is 0 Å². The van der Waals surface area contributed by atoms with E-state index in [1.807, 2.05) is 32.0 Å². The average molecular weight is 277 g/mol. The second-order valence-corrected chi connectivity index (χ2v) is 5.41. The molecule has 1 N–H and O–H groups in total. The van der Waals surface area contributed by atoms with Crippen LogP contribution >= 0.6 is 0 Å². The number of hydrogen-bond acceptors (Lipinski definition) is 3. The molecule has 1 aromatic carbocycles. The van der Waals surface area contributed by atoms with Crippen molar-refractivity contribution < 1.29 is 14.6 Å². The molecule has 1 fully saturated rings. The van der Waals surface area contributed by atoms with Crippen molar-refractivity contribution in [3.63, 3.8) is 0 Å². The lowest BCUT2D eigenvalue weighted by Crippen LogP contribution is -2.47. The summed E-state index contributed by atoms with van der Waals surface area (Å²) in [5.41, 5.74) is 2.07. The number of carbonyl (C=O) groups is 1. The van der Waals surface area contributed by atoms with E-state index < -0.39 is 0 Å². The summed E-state index contributed by atoms with van der Waals surface area (Å²) in [6.45, 7) is 4.40. The number of benzene rings is 1. The summed E-state index contributed by atoms with van der Waals surface area (Å²) in [5.74, 6) is 0.754. The third-order valence-corrected chi connectivity index (χ3v) is 3.93. The first-order valence-corrected chi connectivity index (χ1v) is 7.23. The third kappa shape index (κ3) is 3.31. The van der Waals surface area contributed by atoms with Crippen molar-refractivity contribution in [3.05, 3.63) is 29.3 Å². The van der Waals surface area contributed by atoms with Gasteiger partial charge in [-0.3, -0.25) is 4.79 Å². The zero-order chi connectivity index (χ0) is 14.5. The maximum Gasteiger partial charge on any atom is 0.260 e. The van der Waals surface area contributed by atoms with Crippen molar-refractivity contribution in [1.29, 1.82) is 0 Å². The number of rotatable bonds is 6. The van der Waals surface area contributed by atoms with Crippen LogP contribution in [0.15, 0.2) is 18.2 Å². The Balaban J connectivity index is 1.96. The summed E-state index contributed by atoms with van der Waals surface area (Å²) in [7, 11) is 0. The second-order valence-electron chi connectivity index (χ2n) is 5.41. The predicted octanol–water partition coefficient (Wildman–Crippen LogP) is 2.06. The van der Waals surface area contributed by atoms with Crippen molar-refractivity contribution >= 4 is 5.91 Å². The van der Waals surface area contributed by atoms with Crippen LogP contribution < -0.4 is 4.74 Å². The van der Waals surface area contributed by atoms with Crippen molar-refractivity contribution in [3.8, 4) is 5.75 Å². The molecule has 0 saturated heterocycles. The molecule has 0 atom stereocenters. The highest BCUT2D eigenvalue weighted by atomic mass is 16.5. The number of nitrogens with zero attached hydrogens (tertiary/aromatic N) is 1. The Hall–Kier alpha value is -1.55. The Morgan fingerprint density at radius 1 is 1.35 bits per heavy atom. The lowest BCUT2D eigenvalue weighted by atomic mass is 9.91. The summed E-state index contributed by atoms with van der Waals surface area (Å²) in [5, 5.41) is 9.09. The van der Waals surface area contributed by atoms with Gasteiger partial charge in [0.2, 0.25) is 0 Å². The molecule has 1 aliphatic carbocycles. The predicted molar refractivity (Wildman–Crippen MR) is 77.8 cm³/mol. The summed E-state index contributed by atoms with van der Waals surface area (Å²) in [6.07, 6.45) is 3.24. The van der Waals surface area contributed by atoms with Gasteiger partial charge in [-0.05, 0) is 44.2 Å². The molecule has 1 saturated carbocycles.